The second kappa shape index (κ2) is 8.56. The first-order valence-electron chi connectivity index (χ1n) is 10.8. The molecule has 2 bridgehead atoms. The molecule has 0 spiro atoms. The summed E-state index contributed by atoms with van der Waals surface area (Å²) in [7, 11) is 1.51. The number of halogens is 2. The molecule has 0 N–H and O–H groups in total. The van der Waals surface area contributed by atoms with Crippen molar-refractivity contribution < 1.29 is 23.9 Å². The van der Waals surface area contributed by atoms with Gasteiger partial charge in [-0.25, -0.2) is 5.01 Å². The summed E-state index contributed by atoms with van der Waals surface area (Å²) in [5, 5.41) is 2.16. The number of hydrogen-bond acceptors (Lipinski definition) is 5. The Hall–Kier alpha value is -3.16. The molecule has 3 aliphatic rings. The quantitative estimate of drug-likeness (QED) is 0.340. The fourth-order valence-electron chi connectivity index (χ4n) is 5.16. The first-order valence-corrected chi connectivity index (χ1v) is 11.6. The lowest BCUT2D eigenvalue weighted by molar-refractivity contribution is -0.154. The summed E-state index contributed by atoms with van der Waals surface area (Å²) < 4.78 is 5.12. The minimum atomic E-state index is -0.731. The van der Waals surface area contributed by atoms with Crippen LogP contribution in [-0.4, -0.2) is 47.2 Å². The van der Waals surface area contributed by atoms with Crippen LogP contribution in [0.1, 0.15) is 27.1 Å². The third-order valence-corrected chi connectivity index (χ3v) is 7.34. The van der Waals surface area contributed by atoms with Crippen molar-refractivity contribution >= 4 is 46.7 Å². The van der Waals surface area contributed by atoms with Crippen molar-refractivity contribution in [2.24, 2.45) is 23.7 Å². The number of carbonyl (C=O) groups is 4. The Kier molecular flexibility index (Phi) is 5.70. The second-order valence-electron chi connectivity index (χ2n) is 8.63. The molecule has 2 fully saturated rings. The van der Waals surface area contributed by atoms with Crippen LogP contribution in [0.5, 0.6) is 5.75 Å². The number of benzene rings is 2. The van der Waals surface area contributed by atoms with E-state index in [1.807, 2.05) is 12.2 Å². The summed E-state index contributed by atoms with van der Waals surface area (Å²) in [6, 6.07) is 10.7. The maximum Gasteiger partial charge on any atom is 0.274 e. The molecular weight excluding hydrogens is 479 g/mol. The minimum absolute atomic E-state index is 0.0346. The van der Waals surface area contributed by atoms with Crippen LogP contribution in [0.3, 0.4) is 0 Å². The molecule has 7 nitrogen and oxygen atoms in total. The second-order valence-corrected chi connectivity index (χ2v) is 9.47. The molecule has 9 heteroatoms. The molecule has 2 aromatic carbocycles. The summed E-state index contributed by atoms with van der Waals surface area (Å²) in [5.41, 5.74) is 0.342. The fourth-order valence-corrected chi connectivity index (χ4v) is 5.65. The molecule has 3 amide bonds. The summed E-state index contributed by atoms with van der Waals surface area (Å²) >= 11 is 12.2. The lowest BCUT2D eigenvalue weighted by Gasteiger charge is -2.31. The Labute approximate surface area is 205 Å². The van der Waals surface area contributed by atoms with Crippen molar-refractivity contribution in [3.05, 3.63) is 75.8 Å². The van der Waals surface area contributed by atoms with Gasteiger partial charge < -0.3 is 4.74 Å². The maximum atomic E-state index is 13.6. The van der Waals surface area contributed by atoms with Gasteiger partial charge in [0, 0.05) is 10.6 Å². The number of methoxy groups -OCH3 is 1. The van der Waals surface area contributed by atoms with Crippen LogP contribution in [0.2, 0.25) is 10.0 Å². The molecule has 2 aromatic rings. The highest BCUT2D eigenvalue weighted by Crippen LogP contribution is 2.52. The number of amides is 3. The van der Waals surface area contributed by atoms with E-state index < -0.39 is 41.9 Å². The van der Waals surface area contributed by atoms with E-state index in [0.717, 1.165) is 16.4 Å². The van der Waals surface area contributed by atoms with Gasteiger partial charge in [0.15, 0.2) is 5.78 Å². The van der Waals surface area contributed by atoms with Crippen molar-refractivity contribution in [3.63, 3.8) is 0 Å². The number of rotatable bonds is 6. The highest BCUT2D eigenvalue weighted by atomic mass is 35.5. The van der Waals surface area contributed by atoms with Gasteiger partial charge in [0.1, 0.15) is 12.3 Å². The van der Waals surface area contributed by atoms with E-state index in [4.69, 9.17) is 27.9 Å². The number of nitrogens with zero attached hydrogens (tertiary/aromatic N) is 2. The van der Waals surface area contributed by atoms with Crippen LogP contribution in [0.4, 0.5) is 0 Å². The molecule has 1 aliphatic heterocycles. The third-order valence-electron chi connectivity index (χ3n) is 6.79. The minimum Gasteiger partial charge on any atom is -0.497 e. The number of carbonyl (C=O) groups excluding carboxylic acids is 4. The number of hydrazine groups is 1. The average Bonchev–Trinajstić information content (AvgIpc) is 3.51. The maximum absolute atomic E-state index is 13.6. The van der Waals surface area contributed by atoms with E-state index in [0.29, 0.717) is 16.3 Å². The topological polar surface area (TPSA) is 84.0 Å². The van der Waals surface area contributed by atoms with Gasteiger partial charge in [0.25, 0.3) is 17.7 Å². The monoisotopic (exact) mass is 498 g/mol. The van der Waals surface area contributed by atoms with Crippen LogP contribution >= 0.6 is 23.2 Å². The number of fused-ring (bicyclic) bond motifs is 5. The predicted octanol–water partition coefficient (Wildman–Crippen LogP) is 4.05. The van der Waals surface area contributed by atoms with Crippen molar-refractivity contribution in [3.8, 4) is 5.75 Å². The molecule has 1 heterocycles. The Morgan fingerprint density at radius 2 is 1.62 bits per heavy atom. The summed E-state index contributed by atoms with van der Waals surface area (Å²) in [6.07, 6.45) is 4.68. The van der Waals surface area contributed by atoms with Gasteiger partial charge in [-0.15, -0.1) is 0 Å². The van der Waals surface area contributed by atoms with Crippen LogP contribution in [0, 0.1) is 23.7 Å². The normalized spacial score (nSPS) is 24.5. The van der Waals surface area contributed by atoms with E-state index >= 15 is 0 Å². The zero-order chi connectivity index (χ0) is 24.1. The van der Waals surface area contributed by atoms with Crippen molar-refractivity contribution in [1.29, 1.82) is 0 Å². The Balaban J connectivity index is 1.50. The third kappa shape index (κ3) is 3.60. The number of ether oxygens (including phenoxy) is 1. The summed E-state index contributed by atoms with van der Waals surface area (Å²) in [5.74, 6) is -2.65. The van der Waals surface area contributed by atoms with Gasteiger partial charge in [0.05, 0.1) is 29.5 Å². The van der Waals surface area contributed by atoms with Gasteiger partial charge >= 0.3 is 0 Å². The number of hydrogen-bond donors (Lipinski definition) is 0. The Morgan fingerprint density at radius 3 is 2.18 bits per heavy atom. The lowest BCUT2D eigenvalue weighted by Crippen LogP contribution is -2.52. The molecule has 4 atom stereocenters. The highest BCUT2D eigenvalue weighted by molar-refractivity contribution is 6.36. The van der Waals surface area contributed by atoms with Crippen LogP contribution in [0.15, 0.2) is 54.6 Å². The molecule has 1 saturated carbocycles. The smallest absolute Gasteiger partial charge is 0.274 e. The number of ketones is 1. The van der Waals surface area contributed by atoms with Crippen molar-refractivity contribution in [2.75, 3.05) is 13.7 Å². The van der Waals surface area contributed by atoms with Crippen molar-refractivity contribution in [1.82, 2.24) is 10.0 Å². The molecule has 174 valence electrons. The summed E-state index contributed by atoms with van der Waals surface area (Å²) in [6.45, 7) is -0.510. The molecule has 0 aromatic heterocycles. The molecule has 5 rings (SSSR count). The molecule has 1 saturated heterocycles. The molecule has 0 radical (unpaired) electrons. The standard InChI is InChI=1S/C25H20Cl2N2O5/c1-34-17-7-4-13(5-8-17)20(30)12-28(23(31)18-9-6-16(26)11-19(18)27)29-24(32)21-14-2-3-15(10-14)22(21)25(29)33/h2-9,11,14-15,21-22H,10,12H2,1H3/t14-,15-,21-,22-/m0/s1. The molecular formula is C25H20Cl2N2O5. The van der Waals surface area contributed by atoms with E-state index in [2.05, 4.69) is 0 Å². The number of allylic oxidation sites excluding steroid dienone is 2. The van der Waals surface area contributed by atoms with Gasteiger partial charge in [-0.05, 0) is 60.7 Å². The van der Waals surface area contributed by atoms with Gasteiger partial charge in [-0.3, -0.25) is 19.2 Å². The Morgan fingerprint density at radius 1 is 1.00 bits per heavy atom. The largest absolute Gasteiger partial charge is 0.497 e. The van der Waals surface area contributed by atoms with Crippen molar-refractivity contribution in [2.45, 2.75) is 6.42 Å². The zero-order valence-electron chi connectivity index (χ0n) is 18.1. The Bertz CT molecular complexity index is 1210. The lowest BCUT2D eigenvalue weighted by atomic mass is 9.85. The van der Waals surface area contributed by atoms with Crippen LogP contribution in [0.25, 0.3) is 0 Å². The SMILES string of the molecule is COc1ccc(C(=O)CN(C(=O)c2ccc(Cl)cc2Cl)N2C(=O)[C@@H]3[C@@H](C2=O)[C@H]2C=C[C@H]3C2)cc1. The van der Waals surface area contributed by atoms with Crippen LogP contribution in [-0.2, 0) is 9.59 Å². The predicted molar refractivity (Wildman–Crippen MR) is 124 cm³/mol. The fraction of sp³-hybridized carbons (Fsp3) is 0.280. The number of imide groups is 1. The van der Waals surface area contributed by atoms with E-state index in [1.165, 1.54) is 25.3 Å². The molecule has 2 aliphatic carbocycles. The van der Waals surface area contributed by atoms with E-state index in [1.54, 1.807) is 24.3 Å². The number of Topliss-reactive ketones (excluding diaryl/α,β-unsaturated/α-hetero) is 1. The highest BCUT2D eigenvalue weighted by Gasteiger charge is 2.61. The van der Waals surface area contributed by atoms with E-state index in [-0.39, 0.29) is 22.4 Å². The van der Waals surface area contributed by atoms with E-state index in [9.17, 15) is 19.2 Å². The average molecular weight is 499 g/mol. The molecule has 34 heavy (non-hydrogen) atoms. The first-order chi connectivity index (χ1) is 16.3. The summed E-state index contributed by atoms with van der Waals surface area (Å²) in [4.78, 5) is 53.5. The van der Waals surface area contributed by atoms with Crippen LogP contribution < -0.4 is 4.74 Å². The van der Waals surface area contributed by atoms with Gasteiger partial charge in [-0.1, -0.05) is 35.4 Å². The zero-order valence-corrected chi connectivity index (χ0v) is 19.6. The van der Waals surface area contributed by atoms with Gasteiger partial charge in [0.2, 0.25) is 0 Å². The molecule has 0 unspecified atom stereocenters. The van der Waals surface area contributed by atoms with Gasteiger partial charge in [-0.2, -0.15) is 5.01 Å². The first kappa shape index (κ1) is 22.6.